The first-order valence-electron chi connectivity index (χ1n) is 4.38. The summed E-state index contributed by atoms with van der Waals surface area (Å²) in [5.41, 5.74) is 2.44. The molecule has 64 valence electrons. The minimum atomic E-state index is 0.371. The van der Waals surface area contributed by atoms with Crippen molar-refractivity contribution in [2.75, 3.05) is 11.9 Å². The van der Waals surface area contributed by atoms with Crippen LogP contribution in [0.4, 0.5) is 5.69 Å². The third kappa shape index (κ3) is 1.04. The monoisotopic (exact) mass is 163 g/mol. The van der Waals surface area contributed by atoms with Crippen LogP contribution >= 0.6 is 0 Å². The van der Waals surface area contributed by atoms with Crippen LogP contribution in [-0.2, 0) is 0 Å². The zero-order valence-corrected chi connectivity index (χ0v) is 7.17. The lowest BCUT2D eigenvalue weighted by Gasteiger charge is -2.05. The number of phenolic OH excluding ortho intramolecular Hbond substituents is 1. The molecule has 0 bridgehead atoms. The lowest BCUT2D eigenvalue weighted by atomic mass is 9.99. The second-order valence-electron chi connectivity index (χ2n) is 3.26. The van der Waals surface area contributed by atoms with Crippen LogP contribution in [0.2, 0.25) is 0 Å². The third-order valence-corrected chi connectivity index (χ3v) is 2.51. The molecule has 0 fully saturated rings. The van der Waals surface area contributed by atoms with Crippen LogP contribution in [0.3, 0.4) is 0 Å². The third-order valence-electron chi connectivity index (χ3n) is 2.51. The van der Waals surface area contributed by atoms with Crippen LogP contribution in [0.25, 0.3) is 0 Å². The van der Waals surface area contributed by atoms with Gasteiger partial charge in [-0.1, -0.05) is 6.92 Å². The van der Waals surface area contributed by atoms with E-state index in [0.29, 0.717) is 11.7 Å². The van der Waals surface area contributed by atoms with Crippen molar-refractivity contribution >= 4 is 5.69 Å². The van der Waals surface area contributed by atoms with Gasteiger partial charge < -0.3 is 10.4 Å². The molecule has 12 heavy (non-hydrogen) atoms. The van der Waals surface area contributed by atoms with E-state index in [4.69, 9.17) is 0 Å². The summed E-state index contributed by atoms with van der Waals surface area (Å²) in [5, 5.41) is 12.6. The number of rotatable bonds is 1. The van der Waals surface area contributed by atoms with Gasteiger partial charge in [-0.3, -0.25) is 0 Å². The maximum absolute atomic E-state index is 9.28. The Morgan fingerprint density at radius 3 is 3.17 bits per heavy atom. The Morgan fingerprint density at radius 2 is 2.42 bits per heavy atom. The van der Waals surface area contributed by atoms with E-state index in [1.54, 1.807) is 6.07 Å². The lowest BCUT2D eigenvalue weighted by molar-refractivity contribution is 0.474. The highest BCUT2D eigenvalue weighted by Gasteiger charge is 2.20. The van der Waals surface area contributed by atoms with Crippen LogP contribution in [0.15, 0.2) is 18.2 Å². The molecular formula is C10H13NO. The summed E-state index contributed by atoms with van der Waals surface area (Å²) in [6.45, 7) is 3.18. The fraction of sp³-hybridized carbons (Fsp3) is 0.400. The molecule has 2 heteroatoms. The van der Waals surface area contributed by atoms with Crippen molar-refractivity contribution in [3.63, 3.8) is 0 Å². The smallest absolute Gasteiger partial charge is 0.116 e. The van der Waals surface area contributed by atoms with Gasteiger partial charge in [-0.15, -0.1) is 0 Å². The van der Waals surface area contributed by atoms with Crippen molar-refractivity contribution in [3.05, 3.63) is 23.8 Å². The van der Waals surface area contributed by atoms with Crippen LogP contribution < -0.4 is 5.32 Å². The highest BCUT2D eigenvalue weighted by Crippen LogP contribution is 2.35. The molecule has 0 amide bonds. The van der Waals surface area contributed by atoms with Gasteiger partial charge in [0.05, 0.1) is 0 Å². The highest BCUT2D eigenvalue weighted by atomic mass is 16.3. The SMILES string of the molecule is CCC1CNc2ccc(O)cc21. The zero-order valence-electron chi connectivity index (χ0n) is 7.17. The van der Waals surface area contributed by atoms with Gasteiger partial charge in [-0.05, 0) is 30.2 Å². The van der Waals surface area contributed by atoms with E-state index in [1.807, 2.05) is 12.1 Å². The van der Waals surface area contributed by atoms with Gasteiger partial charge in [-0.25, -0.2) is 0 Å². The Balaban J connectivity index is 2.42. The standard InChI is InChI=1S/C10H13NO/c1-2-7-6-11-10-4-3-8(12)5-9(7)10/h3-5,7,11-12H,2,6H2,1H3. The number of phenols is 1. The van der Waals surface area contributed by atoms with Crippen molar-refractivity contribution in [2.24, 2.45) is 0 Å². The zero-order chi connectivity index (χ0) is 8.55. The molecule has 0 aromatic heterocycles. The molecule has 1 heterocycles. The molecule has 0 aliphatic carbocycles. The molecule has 0 spiro atoms. The maximum Gasteiger partial charge on any atom is 0.116 e. The average molecular weight is 163 g/mol. The molecule has 1 aliphatic rings. The molecular weight excluding hydrogens is 150 g/mol. The number of anilines is 1. The summed E-state index contributed by atoms with van der Waals surface area (Å²) in [5.74, 6) is 0.947. The van der Waals surface area contributed by atoms with E-state index in [9.17, 15) is 5.11 Å². The van der Waals surface area contributed by atoms with E-state index < -0.39 is 0 Å². The predicted octanol–water partition coefficient (Wildman–Crippen LogP) is 2.31. The second-order valence-corrected chi connectivity index (χ2v) is 3.26. The first-order valence-corrected chi connectivity index (χ1v) is 4.38. The Bertz CT molecular complexity index is 296. The van der Waals surface area contributed by atoms with Crippen LogP contribution in [0, 0.1) is 0 Å². The first-order chi connectivity index (χ1) is 5.81. The maximum atomic E-state index is 9.28. The molecule has 1 atom stereocenters. The summed E-state index contributed by atoms with van der Waals surface area (Å²) in [4.78, 5) is 0. The quantitative estimate of drug-likeness (QED) is 0.623. The fourth-order valence-electron chi connectivity index (χ4n) is 1.76. The first kappa shape index (κ1) is 7.47. The molecule has 1 aromatic rings. The van der Waals surface area contributed by atoms with Gasteiger partial charge >= 0.3 is 0 Å². The van der Waals surface area contributed by atoms with E-state index in [2.05, 4.69) is 12.2 Å². The summed E-state index contributed by atoms with van der Waals surface area (Å²) in [6, 6.07) is 5.54. The second kappa shape index (κ2) is 2.70. The number of fused-ring (bicyclic) bond motifs is 1. The molecule has 2 nitrogen and oxygen atoms in total. The molecule has 0 saturated heterocycles. The molecule has 1 aromatic carbocycles. The van der Waals surface area contributed by atoms with E-state index in [-0.39, 0.29) is 0 Å². The molecule has 0 saturated carbocycles. The highest BCUT2D eigenvalue weighted by molar-refractivity contribution is 5.59. The molecule has 1 unspecified atom stereocenters. The van der Waals surface area contributed by atoms with Gasteiger partial charge in [-0.2, -0.15) is 0 Å². The largest absolute Gasteiger partial charge is 0.508 e. The number of hydrogen-bond donors (Lipinski definition) is 2. The van der Waals surface area contributed by atoms with Gasteiger partial charge in [0, 0.05) is 18.2 Å². The van der Waals surface area contributed by atoms with Gasteiger partial charge in [0.25, 0.3) is 0 Å². The number of nitrogens with one attached hydrogen (secondary N) is 1. The summed E-state index contributed by atoms with van der Waals surface area (Å²) in [7, 11) is 0. The molecule has 1 aliphatic heterocycles. The lowest BCUT2D eigenvalue weighted by Crippen LogP contribution is -1.99. The van der Waals surface area contributed by atoms with E-state index in [1.165, 1.54) is 11.3 Å². The van der Waals surface area contributed by atoms with Gasteiger partial charge in [0.2, 0.25) is 0 Å². The van der Waals surface area contributed by atoms with Crippen LogP contribution in [0.5, 0.6) is 5.75 Å². The number of hydrogen-bond acceptors (Lipinski definition) is 2. The van der Waals surface area contributed by atoms with Crippen molar-refractivity contribution in [1.82, 2.24) is 0 Å². The van der Waals surface area contributed by atoms with Gasteiger partial charge in [0.1, 0.15) is 5.75 Å². The molecule has 2 N–H and O–H groups in total. The Labute approximate surface area is 72.2 Å². The Morgan fingerprint density at radius 1 is 1.58 bits per heavy atom. The van der Waals surface area contributed by atoms with Crippen molar-refractivity contribution in [2.45, 2.75) is 19.3 Å². The normalized spacial score (nSPS) is 20.2. The Kier molecular flexibility index (Phi) is 1.68. The molecule has 2 rings (SSSR count). The van der Waals surface area contributed by atoms with Crippen molar-refractivity contribution in [1.29, 1.82) is 0 Å². The van der Waals surface area contributed by atoms with Crippen LogP contribution in [-0.4, -0.2) is 11.7 Å². The average Bonchev–Trinajstić information content (AvgIpc) is 2.46. The van der Waals surface area contributed by atoms with Crippen LogP contribution in [0.1, 0.15) is 24.8 Å². The molecule has 0 radical (unpaired) electrons. The summed E-state index contributed by atoms with van der Waals surface area (Å²) >= 11 is 0. The fourth-order valence-corrected chi connectivity index (χ4v) is 1.76. The Hall–Kier alpha value is -1.18. The number of benzene rings is 1. The van der Waals surface area contributed by atoms with Crippen molar-refractivity contribution < 1.29 is 5.11 Å². The van der Waals surface area contributed by atoms with Gasteiger partial charge in [0.15, 0.2) is 0 Å². The summed E-state index contributed by atoms with van der Waals surface area (Å²) < 4.78 is 0. The van der Waals surface area contributed by atoms with E-state index in [0.717, 1.165) is 13.0 Å². The van der Waals surface area contributed by atoms with Crippen molar-refractivity contribution in [3.8, 4) is 5.75 Å². The number of aromatic hydroxyl groups is 1. The summed E-state index contributed by atoms with van der Waals surface area (Å²) in [6.07, 6.45) is 1.13. The van der Waals surface area contributed by atoms with E-state index >= 15 is 0 Å². The predicted molar refractivity (Wildman–Crippen MR) is 49.6 cm³/mol. The topological polar surface area (TPSA) is 32.3 Å². The minimum absolute atomic E-state index is 0.371. The minimum Gasteiger partial charge on any atom is -0.508 e.